The third kappa shape index (κ3) is 3.51. The van der Waals surface area contributed by atoms with Crippen LogP contribution in [0.4, 0.5) is 8.78 Å². The van der Waals surface area contributed by atoms with Gasteiger partial charge < -0.3 is 5.11 Å². The van der Waals surface area contributed by atoms with E-state index in [0.29, 0.717) is 18.5 Å². The number of rotatable bonds is 3. The lowest BCUT2D eigenvalue weighted by atomic mass is 9.83. The van der Waals surface area contributed by atoms with E-state index < -0.39 is 12.0 Å². The highest BCUT2D eigenvalue weighted by Crippen LogP contribution is 2.43. The van der Waals surface area contributed by atoms with E-state index in [4.69, 9.17) is 4.98 Å². The molecule has 1 aliphatic carbocycles. The Hall–Kier alpha value is -2.45. The van der Waals surface area contributed by atoms with Crippen LogP contribution >= 0.6 is 11.3 Å². The molecular weight excluding hydrogens is 394 g/mol. The molecule has 8 heteroatoms. The molecule has 1 fully saturated rings. The van der Waals surface area contributed by atoms with Gasteiger partial charge in [0.1, 0.15) is 4.83 Å². The molecule has 0 aromatic carbocycles. The number of aliphatic hydroxyl groups is 1. The zero-order chi connectivity index (χ0) is 20.2. The summed E-state index contributed by atoms with van der Waals surface area (Å²) in [7, 11) is 1.86. The maximum atomic E-state index is 13.4. The molecule has 29 heavy (non-hydrogen) atoms. The number of aromatic nitrogens is 4. The first-order chi connectivity index (χ1) is 13.9. The molecule has 4 aromatic heterocycles. The highest BCUT2D eigenvalue weighted by atomic mass is 32.1. The number of halogens is 2. The highest BCUT2D eigenvalue weighted by molar-refractivity contribution is 7.18. The van der Waals surface area contributed by atoms with E-state index in [1.54, 1.807) is 10.9 Å². The van der Waals surface area contributed by atoms with E-state index in [0.717, 1.165) is 31.7 Å². The average molecular weight is 414 g/mol. The van der Waals surface area contributed by atoms with Gasteiger partial charge in [0.2, 0.25) is 5.92 Å². The summed E-state index contributed by atoms with van der Waals surface area (Å²) in [5, 5.41) is 16.9. The minimum absolute atomic E-state index is 0.126. The van der Waals surface area contributed by atoms with Gasteiger partial charge >= 0.3 is 0 Å². The van der Waals surface area contributed by atoms with Gasteiger partial charge in [0.25, 0.3) is 0 Å². The summed E-state index contributed by atoms with van der Waals surface area (Å²) < 4.78 is 28.6. The second-order valence-corrected chi connectivity index (χ2v) is 8.88. The van der Waals surface area contributed by atoms with Crippen molar-refractivity contribution in [3.8, 4) is 11.3 Å². The molecular formula is C21H20F2N4OS. The topological polar surface area (TPSA) is 63.8 Å². The van der Waals surface area contributed by atoms with Crippen molar-refractivity contribution in [1.29, 1.82) is 0 Å². The predicted octanol–water partition coefficient (Wildman–Crippen LogP) is 5.10. The van der Waals surface area contributed by atoms with Gasteiger partial charge in [0, 0.05) is 53.5 Å². The summed E-state index contributed by atoms with van der Waals surface area (Å²) >= 11 is 1.43. The van der Waals surface area contributed by atoms with Gasteiger partial charge in [-0.1, -0.05) is 0 Å². The van der Waals surface area contributed by atoms with E-state index >= 15 is 0 Å². The van der Waals surface area contributed by atoms with Crippen molar-refractivity contribution >= 4 is 32.6 Å². The molecule has 0 aliphatic heterocycles. The molecule has 1 atom stereocenters. The molecule has 0 amide bonds. The first-order valence-corrected chi connectivity index (χ1v) is 10.5. The Bertz CT molecular complexity index is 1190. The van der Waals surface area contributed by atoms with Crippen LogP contribution in [0.2, 0.25) is 0 Å². The van der Waals surface area contributed by atoms with Crippen LogP contribution in [0, 0.1) is 5.92 Å². The Kier molecular flexibility index (Phi) is 4.36. The fourth-order valence-corrected chi connectivity index (χ4v) is 5.14. The molecule has 5 nitrogen and oxygen atoms in total. The Balaban J connectivity index is 1.43. The van der Waals surface area contributed by atoms with Gasteiger partial charge in [-0.2, -0.15) is 5.10 Å². The van der Waals surface area contributed by atoms with E-state index in [1.807, 2.05) is 37.5 Å². The molecule has 1 N–H and O–H groups in total. The summed E-state index contributed by atoms with van der Waals surface area (Å²) in [6, 6.07) is 7.85. The number of aliphatic hydroxyl groups excluding tert-OH is 1. The van der Waals surface area contributed by atoms with Gasteiger partial charge in [0.15, 0.2) is 5.65 Å². The van der Waals surface area contributed by atoms with E-state index in [2.05, 4.69) is 10.1 Å². The van der Waals surface area contributed by atoms with Crippen LogP contribution in [-0.4, -0.2) is 30.8 Å². The van der Waals surface area contributed by atoms with Gasteiger partial charge in [-0.15, -0.1) is 11.3 Å². The number of hydrogen-bond donors (Lipinski definition) is 1. The summed E-state index contributed by atoms with van der Waals surface area (Å²) in [6.45, 7) is 0. The molecule has 0 bridgehead atoms. The first-order valence-electron chi connectivity index (χ1n) is 9.64. The molecule has 150 valence electrons. The average Bonchev–Trinajstić information content (AvgIpc) is 3.28. The molecule has 0 spiro atoms. The normalized spacial score (nSPS) is 18.5. The first kappa shape index (κ1) is 18.6. The van der Waals surface area contributed by atoms with Crippen LogP contribution in [0.1, 0.15) is 36.7 Å². The monoisotopic (exact) mass is 414 g/mol. The number of alkyl halides is 2. The third-order valence-corrected chi connectivity index (χ3v) is 6.79. The van der Waals surface area contributed by atoms with Crippen molar-refractivity contribution in [2.45, 2.75) is 37.7 Å². The number of hydrogen-bond acceptors (Lipinski definition) is 5. The number of nitrogens with zero attached hydrogens (tertiary/aromatic N) is 4. The molecule has 0 radical (unpaired) electrons. The molecule has 5 rings (SSSR count). The maximum Gasteiger partial charge on any atom is 0.248 e. The number of fused-ring (bicyclic) bond motifs is 2. The Morgan fingerprint density at radius 2 is 2.00 bits per heavy atom. The molecule has 1 saturated carbocycles. The second kappa shape index (κ2) is 6.81. The lowest BCUT2D eigenvalue weighted by Crippen LogP contribution is -2.27. The number of aryl methyl sites for hydroxylation is 1. The predicted molar refractivity (Wildman–Crippen MR) is 109 cm³/mol. The summed E-state index contributed by atoms with van der Waals surface area (Å²) in [4.78, 5) is 10.8. The van der Waals surface area contributed by atoms with Gasteiger partial charge in [-0.25, -0.2) is 18.7 Å². The van der Waals surface area contributed by atoms with E-state index in [9.17, 15) is 13.9 Å². The van der Waals surface area contributed by atoms with Gasteiger partial charge in [0.05, 0.1) is 11.8 Å². The van der Waals surface area contributed by atoms with Crippen LogP contribution in [0.3, 0.4) is 0 Å². The molecule has 0 unspecified atom stereocenters. The summed E-state index contributed by atoms with van der Waals surface area (Å²) in [5.41, 5.74) is 2.39. The Labute approximate surface area is 170 Å². The van der Waals surface area contributed by atoms with E-state index in [1.165, 1.54) is 11.3 Å². The van der Waals surface area contributed by atoms with Gasteiger partial charge in [-0.05, 0) is 43.0 Å². The van der Waals surface area contributed by atoms with Crippen molar-refractivity contribution in [3.63, 3.8) is 0 Å². The largest absolute Gasteiger partial charge is 0.387 e. The Morgan fingerprint density at radius 1 is 1.21 bits per heavy atom. The molecule has 0 saturated heterocycles. The summed E-state index contributed by atoms with van der Waals surface area (Å²) in [6.07, 6.45) is 3.35. The third-order valence-electron chi connectivity index (χ3n) is 5.67. The zero-order valence-electron chi connectivity index (χ0n) is 15.8. The molecule has 4 heterocycles. The van der Waals surface area contributed by atoms with Crippen LogP contribution in [0.25, 0.3) is 32.5 Å². The SMILES string of the molecule is Cn1cc2cc(-c3ccc4cc([C@@H](O)C5CCC(F)(F)CC5)sc4n3)cnc2n1. The lowest BCUT2D eigenvalue weighted by Gasteiger charge is -2.30. The van der Waals surface area contributed by atoms with Crippen LogP contribution in [-0.2, 0) is 7.05 Å². The quantitative estimate of drug-likeness (QED) is 0.506. The maximum absolute atomic E-state index is 13.4. The highest BCUT2D eigenvalue weighted by Gasteiger charge is 2.38. The van der Waals surface area contributed by atoms with Crippen LogP contribution in [0.5, 0.6) is 0 Å². The van der Waals surface area contributed by atoms with Crippen molar-refractivity contribution < 1.29 is 13.9 Å². The van der Waals surface area contributed by atoms with E-state index in [-0.39, 0.29) is 18.8 Å². The van der Waals surface area contributed by atoms with Crippen LogP contribution < -0.4 is 0 Å². The van der Waals surface area contributed by atoms with Gasteiger partial charge in [-0.3, -0.25) is 4.68 Å². The van der Waals surface area contributed by atoms with Crippen molar-refractivity contribution in [3.05, 3.63) is 41.5 Å². The fourth-order valence-electron chi connectivity index (χ4n) is 4.03. The zero-order valence-corrected chi connectivity index (χ0v) is 16.7. The number of thiophene rings is 1. The molecule has 4 aromatic rings. The van der Waals surface area contributed by atoms with Crippen molar-refractivity contribution in [1.82, 2.24) is 19.7 Å². The standard InChI is InChI=1S/C21H20F2N4OS/c1-27-11-15-8-14(10-24-19(15)26-27)16-3-2-13-9-17(29-20(13)25-16)18(28)12-4-6-21(22,23)7-5-12/h2-3,8-12,18,28H,4-7H2,1H3/t18-/m0/s1. The van der Waals surface area contributed by atoms with Crippen molar-refractivity contribution in [2.75, 3.05) is 0 Å². The number of pyridine rings is 2. The minimum Gasteiger partial charge on any atom is -0.387 e. The second-order valence-electron chi connectivity index (χ2n) is 7.82. The Morgan fingerprint density at radius 3 is 2.79 bits per heavy atom. The van der Waals surface area contributed by atoms with Crippen LogP contribution in [0.15, 0.2) is 36.7 Å². The summed E-state index contributed by atoms with van der Waals surface area (Å²) in [5.74, 6) is -2.71. The van der Waals surface area contributed by atoms with Crippen molar-refractivity contribution in [2.24, 2.45) is 13.0 Å². The fraction of sp³-hybridized carbons (Fsp3) is 0.381. The smallest absolute Gasteiger partial charge is 0.248 e. The molecule has 1 aliphatic rings. The minimum atomic E-state index is -2.59. The lowest BCUT2D eigenvalue weighted by molar-refractivity contribution is -0.0622.